The molecule has 0 aliphatic heterocycles. The number of nitriles is 1. The highest BCUT2D eigenvalue weighted by Gasteiger charge is 2.07. The Morgan fingerprint density at radius 1 is 1.24 bits per heavy atom. The number of pyridine rings is 1. The maximum Gasteiger partial charge on any atom is 0.116 e. The molecule has 1 heterocycles. The lowest BCUT2D eigenvalue weighted by atomic mass is 10.2. The second-order valence-electron chi connectivity index (χ2n) is 3.36. The van der Waals surface area contributed by atoms with Gasteiger partial charge in [0.25, 0.3) is 0 Å². The maximum absolute atomic E-state index is 8.86. The zero-order chi connectivity index (χ0) is 12.1. The van der Waals surface area contributed by atoms with E-state index in [1.807, 2.05) is 24.3 Å². The predicted molar refractivity (Wildman–Crippen MR) is 70.0 cm³/mol. The van der Waals surface area contributed by atoms with Crippen molar-refractivity contribution < 1.29 is 0 Å². The SMILES string of the molecule is N#Cc1ccnc(SCc2ccccc2)c1Cl. The van der Waals surface area contributed by atoms with Crippen molar-refractivity contribution in [3.63, 3.8) is 0 Å². The van der Waals surface area contributed by atoms with Gasteiger partial charge in [-0.05, 0) is 11.6 Å². The van der Waals surface area contributed by atoms with Gasteiger partial charge in [-0.15, -0.1) is 11.8 Å². The quantitative estimate of drug-likeness (QED) is 0.786. The number of hydrogen-bond acceptors (Lipinski definition) is 3. The minimum Gasteiger partial charge on any atom is -0.248 e. The summed E-state index contributed by atoms with van der Waals surface area (Å²) in [7, 11) is 0. The summed E-state index contributed by atoms with van der Waals surface area (Å²) in [4.78, 5) is 4.18. The first-order chi connectivity index (χ1) is 8.31. The van der Waals surface area contributed by atoms with E-state index in [0.717, 1.165) is 5.75 Å². The lowest BCUT2D eigenvalue weighted by Crippen LogP contribution is -1.87. The summed E-state index contributed by atoms with van der Waals surface area (Å²) in [5, 5.41) is 10.0. The molecule has 0 saturated carbocycles. The van der Waals surface area contributed by atoms with Crippen LogP contribution < -0.4 is 0 Å². The van der Waals surface area contributed by atoms with Gasteiger partial charge in [0.2, 0.25) is 0 Å². The van der Waals surface area contributed by atoms with Crippen LogP contribution in [0.1, 0.15) is 11.1 Å². The summed E-state index contributed by atoms with van der Waals surface area (Å²) >= 11 is 7.60. The van der Waals surface area contributed by atoms with Crippen molar-refractivity contribution in [3.05, 3.63) is 58.7 Å². The molecule has 0 radical (unpaired) electrons. The molecular formula is C13H9ClN2S. The van der Waals surface area contributed by atoms with Crippen LogP contribution >= 0.6 is 23.4 Å². The van der Waals surface area contributed by atoms with E-state index >= 15 is 0 Å². The Morgan fingerprint density at radius 3 is 2.71 bits per heavy atom. The molecule has 0 fully saturated rings. The Bertz CT molecular complexity index is 549. The molecule has 0 spiro atoms. The maximum atomic E-state index is 8.86. The van der Waals surface area contributed by atoms with Crippen LogP contribution in [0.5, 0.6) is 0 Å². The van der Waals surface area contributed by atoms with Gasteiger partial charge in [-0.3, -0.25) is 0 Å². The zero-order valence-electron chi connectivity index (χ0n) is 8.93. The summed E-state index contributed by atoms with van der Waals surface area (Å²) in [6.45, 7) is 0. The Morgan fingerprint density at radius 2 is 2.00 bits per heavy atom. The Labute approximate surface area is 109 Å². The van der Waals surface area contributed by atoms with Crippen LogP contribution in [-0.2, 0) is 5.75 Å². The van der Waals surface area contributed by atoms with Crippen LogP contribution in [0.15, 0.2) is 47.6 Å². The van der Waals surface area contributed by atoms with E-state index in [4.69, 9.17) is 16.9 Å². The monoisotopic (exact) mass is 260 g/mol. The molecule has 2 aromatic rings. The standard InChI is InChI=1S/C13H9ClN2S/c14-12-11(8-15)6-7-16-13(12)17-9-10-4-2-1-3-5-10/h1-7H,9H2. The van der Waals surface area contributed by atoms with Crippen LogP contribution in [0.25, 0.3) is 0 Å². The average Bonchev–Trinajstić information content (AvgIpc) is 2.39. The number of halogens is 1. The number of hydrogen-bond donors (Lipinski definition) is 0. The molecule has 0 unspecified atom stereocenters. The third-order valence-electron chi connectivity index (χ3n) is 2.20. The third-order valence-corrected chi connectivity index (χ3v) is 3.75. The molecule has 2 rings (SSSR count). The molecular weight excluding hydrogens is 252 g/mol. The second-order valence-corrected chi connectivity index (χ2v) is 4.71. The van der Waals surface area contributed by atoms with Gasteiger partial charge >= 0.3 is 0 Å². The van der Waals surface area contributed by atoms with E-state index in [9.17, 15) is 0 Å². The van der Waals surface area contributed by atoms with Crippen LogP contribution in [0, 0.1) is 11.3 Å². The molecule has 0 aliphatic rings. The van der Waals surface area contributed by atoms with Gasteiger partial charge in [-0.2, -0.15) is 5.26 Å². The first-order valence-corrected chi connectivity index (χ1v) is 6.39. The van der Waals surface area contributed by atoms with E-state index < -0.39 is 0 Å². The van der Waals surface area contributed by atoms with Gasteiger partial charge in [0.15, 0.2) is 0 Å². The number of aromatic nitrogens is 1. The Hall–Kier alpha value is -1.50. The highest BCUT2D eigenvalue weighted by molar-refractivity contribution is 7.98. The summed E-state index contributed by atoms with van der Waals surface area (Å²) in [5.41, 5.74) is 1.68. The molecule has 84 valence electrons. The Balaban J connectivity index is 2.13. The van der Waals surface area contributed by atoms with Crippen LogP contribution in [0.3, 0.4) is 0 Å². The van der Waals surface area contributed by atoms with E-state index in [0.29, 0.717) is 15.6 Å². The average molecular weight is 261 g/mol. The lowest BCUT2D eigenvalue weighted by Gasteiger charge is -2.04. The molecule has 17 heavy (non-hydrogen) atoms. The molecule has 4 heteroatoms. The fraction of sp³-hybridized carbons (Fsp3) is 0.0769. The van der Waals surface area contributed by atoms with Gasteiger partial charge in [-0.1, -0.05) is 41.9 Å². The van der Waals surface area contributed by atoms with Crippen molar-refractivity contribution >= 4 is 23.4 Å². The summed E-state index contributed by atoms with van der Waals surface area (Å²) in [5.74, 6) is 0.794. The number of rotatable bonds is 3. The molecule has 0 amide bonds. The van der Waals surface area contributed by atoms with Crippen molar-refractivity contribution in [1.82, 2.24) is 4.98 Å². The van der Waals surface area contributed by atoms with Crippen molar-refractivity contribution in [2.24, 2.45) is 0 Å². The number of nitrogens with zero attached hydrogens (tertiary/aromatic N) is 2. The number of thioether (sulfide) groups is 1. The highest BCUT2D eigenvalue weighted by atomic mass is 35.5. The fourth-order valence-corrected chi connectivity index (χ4v) is 2.52. The minimum absolute atomic E-state index is 0.441. The van der Waals surface area contributed by atoms with Crippen molar-refractivity contribution in [3.8, 4) is 6.07 Å². The third kappa shape index (κ3) is 3.00. The van der Waals surface area contributed by atoms with E-state index in [-0.39, 0.29) is 0 Å². The normalized spacial score (nSPS) is 9.88. The Kier molecular flexibility index (Phi) is 4.03. The van der Waals surface area contributed by atoms with Crippen molar-refractivity contribution in [2.75, 3.05) is 0 Å². The van der Waals surface area contributed by atoms with Crippen LogP contribution in [0.2, 0.25) is 5.02 Å². The molecule has 2 nitrogen and oxygen atoms in total. The van der Waals surface area contributed by atoms with Crippen LogP contribution in [0.4, 0.5) is 0 Å². The summed E-state index contributed by atoms with van der Waals surface area (Å²) in [6, 6.07) is 13.7. The molecule has 0 atom stereocenters. The molecule has 1 aromatic heterocycles. The molecule has 0 bridgehead atoms. The van der Waals surface area contributed by atoms with Gasteiger partial charge in [-0.25, -0.2) is 4.98 Å². The smallest absolute Gasteiger partial charge is 0.116 e. The van der Waals surface area contributed by atoms with Gasteiger partial charge in [0.05, 0.1) is 10.6 Å². The van der Waals surface area contributed by atoms with Crippen molar-refractivity contribution in [2.45, 2.75) is 10.8 Å². The predicted octanol–water partition coefficient (Wildman–Crippen LogP) is 3.90. The van der Waals surface area contributed by atoms with E-state index in [1.54, 1.807) is 12.3 Å². The molecule has 0 N–H and O–H groups in total. The highest BCUT2D eigenvalue weighted by Crippen LogP contribution is 2.29. The van der Waals surface area contributed by atoms with Crippen molar-refractivity contribution in [1.29, 1.82) is 5.26 Å². The molecule has 0 aliphatic carbocycles. The fourth-order valence-electron chi connectivity index (χ4n) is 1.34. The topological polar surface area (TPSA) is 36.7 Å². The largest absolute Gasteiger partial charge is 0.248 e. The lowest BCUT2D eigenvalue weighted by molar-refractivity contribution is 1.12. The first kappa shape index (κ1) is 12.0. The molecule has 0 saturated heterocycles. The summed E-state index contributed by atoms with van der Waals surface area (Å²) in [6.07, 6.45) is 1.61. The summed E-state index contributed by atoms with van der Waals surface area (Å²) < 4.78 is 0. The van der Waals surface area contributed by atoms with Crippen LogP contribution in [-0.4, -0.2) is 4.98 Å². The van der Waals surface area contributed by atoms with Gasteiger partial charge < -0.3 is 0 Å². The van der Waals surface area contributed by atoms with E-state index in [2.05, 4.69) is 17.1 Å². The molecule has 1 aromatic carbocycles. The zero-order valence-corrected chi connectivity index (χ0v) is 10.5. The number of benzene rings is 1. The first-order valence-electron chi connectivity index (χ1n) is 5.02. The van der Waals surface area contributed by atoms with Gasteiger partial charge in [0.1, 0.15) is 11.1 Å². The van der Waals surface area contributed by atoms with Gasteiger partial charge in [0, 0.05) is 11.9 Å². The second kappa shape index (κ2) is 5.72. The van der Waals surface area contributed by atoms with E-state index in [1.165, 1.54) is 17.3 Å². The minimum atomic E-state index is 0.441.